The Morgan fingerprint density at radius 1 is 1.43 bits per heavy atom. The van der Waals surface area contributed by atoms with Crippen molar-refractivity contribution in [3.8, 4) is 0 Å². The van der Waals surface area contributed by atoms with E-state index < -0.39 is 0 Å². The maximum atomic E-state index is 5.60. The number of aromatic nitrogens is 2. The van der Waals surface area contributed by atoms with Crippen LogP contribution in [0.3, 0.4) is 0 Å². The number of anilines is 1. The Morgan fingerprint density at radius 2 is 2.07 bits per heavy atom. The summed E-state index contributed by atoms with van der Waals surface area (Å²) < 4.78 is 0. The van der Waals surface area contributed by atoms with Gasteiger partial charge in [0.2, 0.25) is 5.95 Å². The minimum atomic E-state index is 0.261. The number of hydrogen-bond acceptors (Lipinski definition) is 4. The van der Waals surface area contributed by atoms with E-state index in [1.54, 1.807) is 6.92 Å². The largest absolute Gasteiger partial charge is 0.368 e. The van der Waals surface area contributed by atoms with Crippen molar-refractivity contribution in [2.75, 3.05) is 18.8 Å². The van der Waals surface area contributed by atoms with E-state index in [1.807, 2.05) is 0 Å². The standard InChI is InChI=1S/C5H6ClN3.C4H9N/c1-3-4(6)2-8-5(7)9-3;1-2-4-5-3-1/h2H,1H3,(H2,7,8,9);5H,1-4H2. The van der Waals surface area contributed by atoms with Gasteiger partial charge in [-0.1, -0.05) is 11.6 Å². The topological polar surface area (TPSA) is 63.8 Å². The summed E-state index contributed by atoms with van der Waals surface area (Å²) in [7, 11) is 0. The highest BCUT2D eigenvalue weighted by molar-refractivity contribution is 6.31. The van der Waals surface area contributed by atoms with Gasteiger partial charge in [0.1, 0.15) is 0 Å². The second kappa shape index (κ2) is 5.78. The molecule has 78 valence electrons. The van der Waals surface area contributed by atoms with Gasteiger partial charge in [0.05, 0.1) is 16.9 Å². The zero-order chi connectivity index (χ0) is 10.4. The molecule has 14 heavy (non-hydrogen) atoms. The molecule has 3 N–H and O–H groups in total. The number of nitrogens with one attached hydrogen (secondary N) is 1. The summed E-state index contributed by atoms with van der Waals surface area (Å²) in [6.45, 7) is 4.28. The second-order valence-electron chi connectivity index (χ2n) is 3.12. The molecule has 0 bridgehead atoms. The van der Waals surface area contributed by atoms with Crippen molar-refractivity contribution in [2.45, 2.75) is 19.8 Å². The van der Waals surface area contributed by atoms with E-state index >= 15 is 0 Å². The number of halogens is 1. The van der Waals surface area contributed by atoms with Gasteiger partial charge >= 0.3 is 0 Å². The highest BCUT2D eigenvalue weighted by atomic mass is 35.5. The first-order valence-electron chi connectivity index (χ1n) is 4.65. The number of nitrogens with zero attached hydrogens (tertiary/aromatic N) is 2. The van der Waals surface area contributed by atoms with E-state index in [9.17, 15) is 0 Å². The van der Waals surface area contributed by atoms with Crippen molar-refractivity contribution < 1.29 is 0 Å². The lowest BCUT2D eigenvalue weighted by molar-refractivity contribution is 0.857. The minimum absolute atomic E-state index is 0.261. The third-order valence-corrected chi connectivity index (χ3v) is 2.27. The average molecular weight is 215 g/mol. The molecule has 4 nitrogen and oxygen atoms in total. The van der Waals surface area contributed by atoms with Gasteiger partial charge in [0, 0.05) is 0 Å². The zero-order valence-electron chi connectivity index (χ0n) is 8.26. The first kappa shape index (κ1) is 11.2. The normalized spacial score (nSPS) is 14.7. The Bertz CT molecular complexity index is 279. The van der Waals surface area contributed by atoms with E-state index in [2.05, 4.69) is 15.3 Å². The lowest BCUT2D eigenvalue weighted by atomic mass is 10.4. The van der Waals surface area contributed by atoms with E-state index in [1.165, 1.54) is 32.1 Å². The Hall–Kier alpha value is -0.870. The smallest absolute Gasteiger partial charge is 0.220 e. The van der Waals surface area contributed by atoms with Crippen molar-refractivity contribution in [1.82, 2.24) is 15.3 Å². The molecule has 1 aromatic rings. The summed E-state index contributed by atoms with van der Waals surface area (Å²) in [5.74, 6) is 0.261. The maximum absolute atomic E-state index is 5.60. The highest BCUT2D eigenvalue weighted by Gasteiger charge is 1.95. The average Bonchev–Trinajstić information content (AvgIpc) is 2.69. The maximum Gasteiger partial charge on any atom is 0.220 e. The molecule has 2 heterocycles. The number of hydrogen-bond donors (Lipinski definition) is 2. The van der Waals surface area contributed by atoms with Crippen LogP contribution in [0, 0.1) is 6.92 Å². The van der Waals surface area contributed by atoms with E-state index in [-0.39, 0.29) is 5.95 Å². The van der Waals surface area contributed by atoms with Crippen LogP contribution in [-0.4, -0.2) is 23.1 Å². The molecular formula is C9H15ClN4. The van der Waals surface area contributed by atoms with Gasteiger partial charge < -0.3 is 11.1 Å². The quantitative estimate of drug-likeness (QED) is 0.685. The summed E-state index contributed by atoms with van der Waals surface area (Å²) in [5, 5.41) is 3.77. The predicted molar refractivity (Wildman–Crippen MR) is 58.3 cm³/mol. The number of aryl methyl sites for hydroxylation is 1. The zero-order valence-corrected chi connectivity index (χ0v) is 9.01. The van der Waals surface area contributed by atoms with Crippen LogP contribution in [-0.2, 0) is 0 Å². The Balaban J connectivity index is 0.000000165. The van der Waals surface area contributed by atoms with Gasteiger partial charge in [-0.15, -0.1) is 0 Å². The second-order valence-corrected chi connectivity index (χ2v) is 3.53. The fraction of sp³-hybridized carbons (Fsp3) is 0.556. The van der Waals surface area contributed by atoms with Crippen LogP contribution in [0.1, 0.15) is 18.5 Å². The van der Waals surface area contributed by atoms with Gasteiger partial charge in [-0.05, 0) is 32.9 Å². The van der Waals surface area contributed by atoms with Gasteiger partial charge in [0.25, 0.3) is 0 Å². The third-order valence-electron chi connectivity index (χ3n) is 1.90. The summed E-state index contributed by atoms with van der Waals surface area (Å²) in [4.78, 5) is 7.48. The predicted octanol–water partition coefficient (Wildman–Crippen LogP) is 1.39. The fourth-order valence-corrected chi connectivity index (χ4v) is 1.19. The van der Waals surface area contributed by atoms with Crippen LogP contribution in [0.25, 0.3) is 0 Å². The van der Waals surface area contributed by atoms with Gasteiger partial charge in [-0.2, -0.15) is 0 Å². The molecule has 0 unspecified atom stereocenters. The monoisotopic (exact) mass is 214 g/mol. The lowest BCUT2D eigenvalue weighted by Crippen LogP contribution is -2.03. The summed E-state index contributed by atoms with van der Waals surface area (Å²) in [6, 6.07) is 0. The fourth-order valence-electron chi connectivity index (χ4n) is 1.10. The molecular weight excluding hydrogens is 200 g/mol. The third kappa shape index (κ3) is 3.89. The van der Waals surface area contributed by atoms with Crippen molar-refractivity contribution in [2.24, 2.45) is 0 Å². The van der Waals surface area contributed by atoms with Gasteiger partial charge in [0.15, 0.2) is 0 Å². The van der Waals surface area contributed by atoms with Crippen molar-refractivity contribution in [3.05, 3.63) is 16.9 Å². The molecule has 0 atom stereocenters. The Kier molecular flexibility index (Phi) is 4.62. The molecule has 0 saturated carbocycles. The molecule has 0 radical (unpaired) electrons. The molecule has 5 heteroatoms. The van der Waals surface area contributed by atoms with Crippen LogP contribution in [0.5, 0.6) is 0 Å². The molecule has 0 aliphatic carbocycles. The molecule has 1 aliphatic rings. The Morgan fingerprint density at radius 3 is 2.43 bits per heavy atom. The molecule has 0 aromatic carbocycles. The molecule has 1 fully saturated rings. The van der Waals surface area contributed by atoms with Crippen molar-refractivity contribution >= 4 is 17.5 Å². The number of rotatable bonds is 0. The van der Waals surface area contributed by atoms with Crippen LogP contribution in [0.4, 0.5) is 5.95 Å². The lowest BCUT2D eigenvalue weighted by Gasteiger charge is -1.94. The number of nitrogens with two attached hydrogens (primary N) is 1. The number of nitrogen functional groups attached to an aromatic ring is 1. The van der Waals surface area contributed by atoms with Crippen LogP contribution < -0.4 is 11.1 Å². The summed E-state index contributed by atoms with van der Waals surface area (Å²) in [6.07, 6.45) is 4.26. The molecule has 1 aliphatic heterocycles. The van der Waals surface area contributed by atoms with Crippen LogP contribution in [0.15, 0.2) is 6.20 Å². The molecule has 0 amide bonds. The first-order valence-corrected chi connectivity index (χ1v) is 5.03. The van der Waals surface area contributed by atoms with Crippen LogP contribution >= 0.6 is 11.6 Å². The molecule has 0 spiro atoms. The van der Waals surface area contributed by atoms with E-state index in [4.69, 9.17) is 17.3 Å². The highest BCUT2D eigenvalue weighted by Crippen LogP contribution is 2.10. The summed E-state index contributed by atoms with van der Waals surface area (Å²) >= 11 is 5.60. The van der Waals surface area contributed by atoms with Gasteiger partial charge in [-0.3, -0.25) is 0 Å². The molecule has 1 aromatic heterocycles. The van der Waals surface area contributed by atoms with Crippen molar-refractivity contribution in [1.29, 1.82) is 0 Å². The Labute approximate surface area is 88.9 Å². The van der Waals surface area contributed by atoms with Crippen molar-refractivity contribution in [3.63, 3.8) is 0 Å². The van der Waals surface area contributed by atoms with E-state index in [0.29, 0.717) is 10.7 Å². The van der Waals surface area contributed by atoms with Crippen LogP contribution in [0.2, 0.25) is 5.02 Å². The first-order chi connectivity index (χ1) is 6.70. The molecule has 2 rings (SSSR count). The van der Waals surface area contributed by atoms with Gasteiger partial charge in [-0.25, -0.2) is 9.97 Å². The minimum Gasteiger partial charge on any atom is -0.368 e. The molecule has 1 saturated heterocycles. The van der Waals surface area contributed by atoms with E-state index in [0.717, 1.165) is 0 Å². The summed E-state index contributed by atoms with van der Waals surface area (Å²) in [5.41, 5.74) is 5.96. The SMILES string of the molecule is C1CCNC1.Cc1nc(N)ncc1Cl.